The molecule has 150 valence electrons. The maximum Gasteiger partial charge on any atom is 0.338 e. The van der Waals surface area contributed by atoms with Crippen molar-refractivity contribution >= 4 is 33.7 Å². The predicted molar refractivity (Wildman–Crippen MR) is 112 cm³/mol. The normalized spacial score (nSPS) is 18.8. The van der Waals surface area contributed by atoms with Gasteiger partial charge in [0.05, 0.1) is 22.9 Å². The van der Waals surface area contributed by atoms with E-state index in [4.69, 9.17) is 13.6 Å². The van der Waals surface area contributed by atoms with Crippen molar-refractivity contribution in [3.05, 3.63) is 50.7 Å². The Bertz CT molecular complexity index is 1280. The highest BCUT2D eigenvalue weighted by molar-refractivity contribution is 6.13. The predicted octanol–water partition coefficient (Wildman–Crippen LogP) is 2.84. The monoisotopic (exact) mass is 394 g/mol. The van der Waals surface area contributed by atoms with Gasteiger partial charge < -0.3 is 23.4 Å². The van der Waals surface area contributed by atoms with Gasteiger partial charge in [-0.2, -0.15) is 0 Å². The van der Waals surface area contributed by atoms with Crippen molar-refractivity contribution in [1.29, 1.82) is 0 Å². The highest BCUT2D eigenvalue weighted by atomic mass is 16.5. The molecule has 0 atom stereocenters. The number of nitrogens with zero attached hydrogens (tertiary/aromatic N) is 2. The molecule has 1 saturated heterocycles. The van der Waals surface area contributed by atoms with Gasteiger partial charge in [-0.1, -0.05) is 0 Å². The van der Waals surface area contributed by atoms with Crippen molar-refractivity contribution in [1.82, 2.24) is 4.90 Å². The summed E-state index contributed by atoms with van der Waals surface area (Å²) >= 11 is 0. The van der Waals surface area contributed by atoms with Gasteiger partial charge in [0.2, 0.25) is 0 Å². The summed E-state index contributed by atoms with van der Waals surface area (Å²) in [6.45, 7) is 7.21. The topological polar surface area (TPSA) is 76.1 Å². The summed E-state index contributed by atoms with van der Waals surface area (Å²) in [7, 11) is 2.08. The first kappa shape index (κ1) is 18.0. The van der Waals surface area contributed by atoms with Crippen LogP contribution >= 0.6 is 0 Å². The summed E-state index contributed by atoms with van der Waals surface area (Å²) in [5.74, 6) is 0.576. The Balaban J connectivity index is 1.93. The van der Waals surface area contributed by atoms with E-state index in [0.29, 0.717) is 22.3 Å². The molecule has 0 N–H and O–H groups in total. The van der Waals surface area contributed by atoms with Gasteiger partial charge in [0.25, 0.3) is 0 Å². The van der Waals surface area contributed by atoms with E-state index in [1.54, 1.807) is 0 Å². The number of hydrogen-bond acceptors (Lipinski definition) is 7. The van der Waals surface area contributed by atoms with Gasteiger partial charge in [0.15, 0.2) is 16.6 Å². The van der Waals surface area contributed by atoms with Crippen LogP contribution in [0.3, 0.4) is 0 Å². The maximum atomic E-state index is 12.7. The highest BCUT2D eigenvalue weighted by Crippen LogP contribution is 2.45. The molecular formula is C22H22N2O5. The minimum Gasteiger partial charge on any atom is -0.482 e. The van der Waals surface area contributed by atoms with Crippen LogP contribution in [-0.2, 0) is 0 Å². The lowest BCUT2D eigenvalue weighted by Crippen LogP contribution is -2.44. The van der Waals surface area contributed by atoms with Crippen LogP contribution in [0, 0.1) is 0 Å². The molecular weight excluding hydrogens is 372 g/mol. The van der Waals surface area contributed by atoms with E-state index >= 15 is 0 Å². The molecule has 2 aromatic heterocycles. The van der Waals surface area contributed by atoms with E-state index in [-0.39, 0.29) is 16.4 Å². The number of rotatable bonds is 1. The summed E-state index contributed by atoms with van der Waals surface area (Å²) < 4.78 is 17.6. The second-order valence-corrected chi connectivity index (χ2v) is 8.22. The van der Waals surface area contributed by atoms with Gasteiger partial charge in [0.1, 0.15) is 16.7 Å². The molecule has 0 unspecified atom stereocenters. The van der Waals surface area contributed by atoms with Crippen LogP contribution in [0.15, 0.2) is 42.9 Å². The number of benzene rings is 1. The van der Waals surface area contributed by atoms with Gasteiger partial charge in [-0.3, -0.25) is 4.79 Å². The SMILES string of the molecule is CN1CCN(c2cc(=O)oc3c2c2c(c4occc(=O)c43)C=CC(C)(C)O2)CC1. The molecule has 3 aromatic rings. The fourth-order valence-corrected chi connectivity index (χ4v) is 4.08. The Labute approximate surface area is 166 Å². The first-order chi connectivity index (χ1) is 13.8. The zero-order valence-electron chi connectivity index (χ0n) is 16.7. The van der Waals surface area contributed by atoms with Gasteiger partial charge >= 0.3 is 5.63 Å². The number of anilines is 1. The standard InChI is InChI=1S/C22H22N2O5/c1-22(2)6-4-13-19-18(15(25)5-11-27-19)21-17(20(13)29-22)14(12-16(26)28-21)24-9-7-23(3)8-10-24/h4-6,11-12H,7-10H2,1-3H3. The maximum absolute atomic E-state index is 12.7. The summed E-state index contributed by atoms with van der Waals surface area (Å²) in [5, 5.41) is 0.912. The molecule has 2 aliphatic rings. The van der Waals surface area contributed by atoms with Crippen LogP contribution in [0.1, 0.15) is 19.4 Å². The third kappa shape index (κ3) is 2.84. The Hall–Kier alpha value is -3.06. The summed E-state index contributed by atoms with van der Waals surface area (Å²) in [5.41, 5.74) is 0.715. The molecule has 4 heterocycles. The molecule has 0 amide bonds. The highest BCUT2D eigenvalue weighted by Gasteiger charge is 2.31. The molecule has 2 aliphatic heterocycles. The van der Waals surface area contributed by atoms with Crippen molar-refractivity contribution in [2.75, 3.05) is 38.1 Å². The summed E-state index contributed by atoms with van der Waals surface area (Å²) in [6, 6.07) is 2.84. The van der Waals surface area contributed by atoms with Gasteiger partial charge in [-0.15, -0.1) is 0 Å². The quantitative estimate of drug-likeness (QED) is 0.464. The van der Waals surface area contributed by atoms with Crippen LogP contribution in [0.5, 0.6) is 5.75 Å². The Morgan fingerprint density at radius 3 is 2.55 bits per heavy atom. The lowest BCUT2D eigenvalue weighted by Gasteiger charge is -2.35. The zero-order chi connectivity index (χ0) is 20.3. The minimum absolute atomic E-state index is 0.223. The van der Waals surface area contributed by atoms with Gasteiger partial charge in [-0.05, 0) is 33.0 Å². The van der Waals surface area contributed by atoms with Crippen LogP contribution in [-0.4, -0.2) is 43.7 Å². The van der Waals surface area contributed by atoms with Crippen LogP contribution in [0.2, 0.25) is 0 Å². The molecule has 0 spiro atoms. The van der Waals surface area contributed by atoms with E-state index in [0.717, 1.165) is 31.9 Å². The van der Waals surface area contributed by atoms with Crippen molar-refractivity contribution in [3.8, 4) is 5.75 Å². The average Bonchev–Trinajstić information content (AvgIpc) is 2.67. The smallest absolute Gasteiger partial charge is 0.338 e. The number of likely N-dealkylation sites (N-methyl/N-ethyl adjacent to an activating group) is 1. The van der Waals surface area contributed by atoms with Crippen LogP contribution in [0.25, 0.3) is 28.0 Å². The fourth-order valence-electron chi connectivity index (χ4n) is 4.08. The van der Waals surface area contributed by atoms with E-state index in [2.05, 4.69) is 16.8 Å². The van der Waals surface area contributed by atoms with Gasteiger partial charge in [0, 0.05) is 38.3 Å². The van der Waals surface area contributed by atoms with Crippen molar-refractivity contribution in [2.24, 2.45) is 0 Å². The Kier molecular flexibility index (Phi) is 3.86. The second kappa shape index (κ2) is 6.22. The van der Waals surface area contributed by atoms with Crippen LogP contribution in [0.4, 0.5) is 5.69 Å². The van der Waals surface area contributed by atoms with Gasteiger partial charge in [-0.25, -0.2) is 4.79 Å². The first-order valence-electron chi connectivity index (χ1n) is 9.71. The Morgan fingerprint density at radius 2 is 1.79 bits per heavy atom. The van der Waals surface area contributed by atoms with Crippen molar-refractivity contribution in [3.63, 3.8) is 0 Å². The van der Waals surface area contributed by atoms with E-state index in [1.807, 2.05) is 26.0 Å². The van der Waals surface area contributed by atoms with E-state index in [9.17, 15) is 9.59 Å². The largest absolute Gasteiger partial charge is 0.482 e. The summed E-state index contributed by atoms with van der Waals surface area (Å²) in [6.07, 6.45) is 5.21. The molecule has 0 saturated carbocycles. The molecule has 1 aromatic carbocycles. The molecule has 0 bridgehead atoms. The zero-order valence-corrected chi connectivity index (χ0v) is 16.7. The van der Waals surface area contributed by atoms with Crippen molar-refractivity contribution < 1.29 is 13.6 Å². The van der Waals surface area contributed by atoms with Crippen molar-refractivity contribution in [2.45, 2.75) is 19.4 Å². The number of piperazine rings is 1. The number of fused-ring (bicyclic) bond motifs is 6. The average molecular weight is 394 g/mol. The molecule has 7 heteroatoms. The third-order valence-electron chi connectivity index (χ3n) is 5.62. The summed E-state index contributed by atoms with van der Waals surface area (Å²) in [4.78, 5) is 29.6. The first-order valence-corrected chi connectivity index (χ1v) is 9.71. The molecule has 5 rings (SSSR count). The van der Waals surface area contributed by atoms with E-state index < -0.39 is 11.2 Å². The lowest BCUT2D eigenvalue weighted by atomic mass is 9.97. The fraction of sp³-hybridized carbons (Fsp3) is 0.364. The molecule has 0 aliphatic carbocycles. The van der Waals surface area contributed by atoms with Crippen LogP contribution < -0.4 is 20.7 Å². The molecule has 1 fully saturated rings. The second-order valence-electron chi connectivity index (χ2n) is 8.22. The molecule has 29 heavy (non-hydrogen) atoms. The van der Waals surface area contributed by atoms with E-state index in [1.165, 1.54) is 18.4 Å². The Morgan fingerprint density at radius 1 is 1.03 bits per heavy atom. The lowest BCUT2D eigenvalue weighted by molar-refractivity contribution is 0.161. The number of ether oxygens (including phenoxy) is 1. The minimum atomic E-state index is -0.543. The molecule has 7 nitrogen and oxygen atoms in total. The molecule has 0 radical (unpaired) electrons. The third-order valence-corrected chi connectivity index (χ3v) is 5.62. The number of hydrogen-bond donors (Lipinski definition) is 0.